The van der Waals surface area contributed by atoms with Crippen LogP contribution in [0.3, 0.4) is 0 Å². The van der Waals surface area contributed by atoms with Gasteiger partial charge in [0.1, 0.15) is 12.3 Å². The van der Waals surface area contributed by atoms with Gasteiger partial charge in [0.2, 0.25) is 5.28 Å². The fourth-order valence-electron chi connectivity index (χ4n) is 2.38. The zero-order valence-electron chi connectivity index (χ0n) is 10.9. The number of benzene rings is 1. The molecule has 8 heteroatoms. The van der Waals surface area contributed by atoms with Gasteiger partial charge in [-0.2, -0.15) is 0 Å². The van der Waals surface area contributed by atoms with Gasteiger partial charge < -0.3 is 4.74 Å². The standard InChI is InChI=1S/C14H7ClF2N4O/c15-14-19-4-10(17)12(20-14)7-1-9(16)13-11(2-7)21-6-18-3-8(21)5-22-13/h1-4,6H,5H2. The van der Waals surface area contributed by atoms with Crippen LogP contribution in [0.2, 0.25) is 5.28 Å². The van der Waals surface area contributed by atoms with Crippen molar-refractivity contribution in [3.63, 3.8) is 0 Å². The van der Waals surface area contributed by atoms with E-state index < -0.39 is 11.6 Å². The first-order valence-electron chi connectivity index (χ1n) is 6.30. The molecule has 0 spiro atoms. The lowest BCUT2D eigenvalue weighted by Crippen LogP contribution is -2.13. The third-order valence-corrected chi connectivity index (χ3v) is 3.53. The number of aromatic nitrogens is 4. The van der Waals surface area contributed by atoms with Crippen LogP contribution in [0, 0.1) is 11.6 Å². The second-order valence-corrected chi connectivity index (χ2v) is 5.02. The largest absolute Gasteiger partial charge is 0.482 e. The van der Waals surface area contributed by atoms with E-state index in [2.05, 4.69) is 15.0 Å². The van der Waals surface area contributed by atoms with E-state index in [9.17, 15) is 8.78 Å². The summed E-state index contributed by atoms with van der Waals surface area (Å²) in [7, 11) is 0. The number of halogens is 3. The fourth-order valence-corrected chi connectivity index (χ4v) is 2.51. The Morgan fingerprint density at radius 2 is 2.05 bits per heavy atom. The molecule has 0 atom stereocenters. The van der Waals surface area contributed by atoms with Crippen LogP contribution in [0.1, 0.15) is 5.69 Å². The Kier molecular flexibility index (Phi) is 2.83. The lowest BCUT2D eigenvalue weighted by Gasteiger charge is -2.21. The van der Waals surface area contributed by atoms with E-state index in [0.29, 0.717) is 5.69 Å². The van der Waals surface area contributed by atoms with Gasteiger partial charge in [-0.3, -0.25) is 4.57 Å². The topological polar surface area (TPSA) is 52.8 Å². The van der Waals surface area contributed by atoms with Crippen LogP contribution in [0.15, 0.2) is 30.9 Å². The summed E-state index contributed by atoms with van der Waals surface area (Å²) in [5.41, 5.74) is 1.37. The van der Waals surface area contributed by atoms with Gasteiger partial charge in [-0.1, -0.05) is 0 Å². The van der Waals surface area contributed by atoms with Crippen LogP contribution in [-0.4, -0.2) is 19.5 Å². The number of fused-ring (bicyclic) bond motifs is 3. The summed E-state index contributed by atoms with van der Waals surface area (Å²) >= 11 is 5.69. The van der Waals surface area contributed by atoms with Crippen LogP contribution < -0.4 is 4.74 Å². The second kappa shape index (κ2) is 4.74. The minimum Gasteiger partial charge on any atom is -0.482 e. The van der Waals surface area contributed by atoms with Gasteiger partial charge in [-0.15, -0.1) is 0 Å². The lowest BCUT2D eigenvalue weighted by molar-refractivity contribution is 0.270. The molecule has 2 aromatic heterocycles. The highest BCUT2D eigenvalue weighted by atomic mass is 35.5. The van der Waals surface area contributed by atoms with Crippen molar-refractivity contribution in [1.29, 1.82) is 0 Å². The van der Waals surface area contributed by atoms with E-state index in [4.69, 9.17) is 16.3 Å². The molecule has 0 saturated carbocycles. The van der Waals surface area contributed by atoms with Gasteiger partial charge in [0.25, 0.3) is 0 Å². The van der Waals surface area contributed by atoms with Gasteiger partial charge in [0, 0.05) is 5.56 Å². The minimum atomic E-state index is -0.689. The van der Waals surface area contributed by atoms with Crippen LogP contribution in [0.25, 0.3) is 16.9 Å². The lowest BCUT2D eigenvalue weighted by atomic mass is 10.1. The van der Waals surface area contributed by atoms with Crippen molar-refractivity contribution in [2.75, 3.05) is 0 Å². The molecule has 0 saturated heterocycles. The van der Waals surface area contributed by atoms with Crippen molar-refractivity contribution in [3.05, 3.63) is 53.5 Å². The molecule has 3 heterocycles. The van der Waals surface area contributed by atoms with E-state index in [1.165, 1.54) is 0 Å². The molecule has 3 aromatic rings. The van der Waals surface area contributed by atoms with Crippen LogP contribution in [-0.2, 0) is 6.61 Å². The number of hydrogen-bond acceptors (Lipinski definition) is 4. The summed E-state index contributed by atoms with van der Waals surface area (Å²) in [6, 6.07) is 2.73. The van der Waals surface area contributed by atoms with E-state index in [0.717, 1.165) is 18.0 Å². The Hall–Kier alpha value is -2.54. The summed E-state index contributed by atoms with van der Waals surface area (Å²) in [6.07, 6.45) is 4.11. The molecule has 0 bridgehead atoms. The van der Waals surface area contributed by atoms with Crippen molar-refractivity contribution in [3.8, 4) is 22.7 Å². The zero-order valence-corrected chi connectivity index (χ0v) is 11.7. The molecule has 1 aliphatic heterocycles. The van der Waals surface area contributed by atoms with Crippen LogP contribution in [0.5, 0.6) is 5.75 Å². The Balaban J connectivity index is 1.96. The smallest absolute Gasteiger partial charge is 0.223 e. The molecular weight excluding hydrogens is 314 g/mol. The predicted molar refractivity (Wildman–Crippen MR) is 73.8 cm³/mol. The average Bonchev–Trinajstić information content (AvgIpc) is 2.98. The second-order valence-electron chi connectivity index (χ2n) is 4.69. The van der Waals surface area contributed by atoms with E-state index >= 15 is 0 Å². The highest BCUT2D eigenvalue weighted by Crippen LogP contribution is 2.36. The molecule has 22 heavy (non-hydrogen) atoms. The molecule has 5 nitrogen and oxygen atoms in total. The number of nitrogens with zero attached hydrogens (tertiary/aromatic N) is 4. The Morgan fingerprint density at radius 3 is 2.91 bits per heavy atom. The van der Waals surface area contributed by atoms with Crippen molar-refractivity contribution in [1.82, 2.24) is 19.5 Å². The SMILES string of the molecule is Fc1cnc(Cl)nc1-c1cc(F)c2c(c1)-n1cncc1CO2. The molecule has 0 amide bonds. The van der Waals surface area contributed by atoms with Crippen molar-refractivity contribution in [2.45, 2.75) is 6.61 Å². The molecule has 1 aliphatic rings. The monoisotopic (exact) mass is 320 g/mol. The third-order valence-electron chi connectivity index (χ3n) is 3.35. The normalized spacial score (nSPS) is 12.5. The average molecular weight is 321 g/mol. The molecule has 0 N–H and O–H groups in total. The summed E-state index contributed by atoms with van der Waals surface area (Å²) in [4.78, 5) is 11.4. The fraction of sp³-hybridized carbons (Fsp3) is 0.0714. The predicted octanol–water partition coefficient (Wildman–Crippen LogP) is 3.15. The number of hydrogen-bond donors (Lipinski definition) is 0. The van der Waals surface area contributed by atoms with Gasteiger partial charge in [0.15, 0.2) is 17.4 Å². The number of imidazole rings is 1. The van der Waals surface area contributed by atoms with E-state index in [1.807, 2.05) is 0 Å². The summed E-state index contributed by atoms with van der Waals surface area (Å²) in [5.74, 6) is -1.21. The summed E-state index contributed by atoms with van der Waals surface area (Å²) < 4.78 is 35.3. The molecular formula is C14H7ClF2N4O. The molecule has 1 aromatic carbocycles. The minimum absolute atomic E-state index is 0.0751. The van der Waals surface area contributed by atoms with Crippen LogP contribution in [0.4, 0.5) is 8.78 Å². The third kappa shape index (κ3) is 1.93. The molecule has 0 aliphatic carbocycles. The molecule has 0 fully saturated rings. The zero-order chi connectivity index (χ0) is 15.3. The Bertz CT molecular complexity index is 897. The van der Waals surface area contributed by atoms with E-state index in [-0.39, 0.29) is 28.9 Å². The first-order chi connectivity index (χ1) is 10.6. The molecule has 0 radical (unpaired) electrons. The highest BCUT2D eigenvalue weighted by Gasteiger charge is 2.23. The molecule has 4 rings (SSSR count). The van der Waals surface area contributed by atoms with Gasteiger partial charge >= 0.3 is 0 Å². The number of rotatable bonds is 1. The van der Waals surface area contributed by atoms with Gasteiger partial charge in [0.05, 0.1) is 30.1 Å². The maximum Gasteiger partial charge on any atom is 0.223 e. The van der Waals surface area contributed by atoms with Gasteiger partial charge in [-0.25, -0.2) is 23.7 Å². The first kappa shape index (κ1) is 13.1. The molecule has 0 unspecified atom stereocenters. The van der Waals surface area contributed by atoms with Crippen molar-refractivity contribution < 1.29 is 13.5 Å². The maximum atomic E-state index is 14.3. The Morgan fingerprint density at radius 1 is 1.18 bits per heavy atom. The number of ether oxygens (including phenoxy) is 1. The first-order valence-corrected chi connectivity index (χ1v) is 6.67. The maximum absolute atomic E-state index is 14.3. The summed E-state index contributed by atoms with van der Waals surface area (Å²) in [5, 5.41) is -0.117. The quantitative estimate of drug-likeness (QED) is 0.646. The summed E-state index contributed by atoms with van der Waals surface area (Å²) in [6.45, 7) is 0.219. The van der Waals surface area contributed by atoms with Gasteiger partial charge in [-0.05, 0) is 23.7 Å². The van der Waals surface area contributed by atoms with Crippen molar-refractivity contribution in [2.24, 2.45) is 0 Å². The molecule has 110 valence electrons. The highest BCUT2D eigenvalue weighted by molar-refractivity contribution is 6.28. The van der Waals surface area contributed by atoms with E-state index in [1.54, 1.807) is 23.2 Å². The Labute approximate surface area is 128 Å². The van der Waals surface area contributed by atoms with Crippen molar-refractivity contribution >= 4 is 11.6 Å². The van der Waals surface area contributed by atoms with Crippen LogP contribution >= 0.6 is 11.6 Å².